The van der Waals surface area contributed by atoms with Gasteiger partial charge in [-0.05, 0) is 53.4 Å². The third-order valence-electron chi connectivity index (χ3n) is 10.3. The minimum Gasteiger partial charge on any atom is -0.459 e. The quantitative estimate of drug-likeness (QED) is 0.179. The number of esters is 1. The molecule has 0 radical (unpaired) electrons. The molecule has 0 spiro atoms. The number of aliphatic hydroxyl groups is 5. The standard InChI is InChI=1S/C36H60O14/c1-19-14-15-27(39)48-22(4)25(18-46-33-31(45-9)30(44-8)28(40)23(5)49-33)12-10-11-13-26(38)35(7,42)16-20(2)29(19)50-34-32(41)36(43,24(6)37)17-21(3)47-34/h10,12,14-15,19-25,28-34,37,40-43H,11,13,16-18H2,1-9H3/b12-10+,15-14+/t19-,20-,21+,22+,23+,24?,25+,28+,29+,30+,31+,32-,33+,34-,35-,36-/m0/s1. The molecule has 14 nitrogen and oxygen atoms in total. The Balaban J connectivity index is 1.85. The molecule has 3 heterocycles. The second-order valence-electron chi connectivity index (χ2n) is 14.5. The highest BCUT2D eigenvalue weighted by Crippen LogP contribution is 2.36. The molecule has 3 aliphatic heterocycles. The summed E-state index contributed by atoms with van der Waals surface area (Å²) in [6.45, 7) is 11.5. The van der Waals surface area contributed by atoms with Gasteiger partial charge < -0.3 is 58.7 Å². The molecule has 3 aliphatic rings. The summed E-state index contributed by atoms with van der Waals surface area (Å²) in [5.74, 6) is -2.51. The first-order valence-corrected chi connectivity index (χ1v) is 17.6. The molecule has 0 aliphatic carbocycles. The van der Waals surface area contributed by atoms with E-state index >= 15 is 0 Å². The fourth-order valence-electron chi connectivity index (χ4n) is 7.08. The summed E-state index contributed by atoms with van der Waals surface area (Å²) in [6, 6.07) is 0. The number of rotatable bonds is 8. The first-order chi connectivity index (χ1) is 23.4. The van der Waals surface area contributed by atoms with Crippen LogP contribution in [-0.4, -0.2) is 137 Å². The maximum atomic E-state index is 13.3. The molecule has 2 fully saturated rings. The van der Waals surface area contributed by atoms with E-state index in [0.29, 0.717) is 6.42 Å². The molecule has 0 bridgehead atoms. The molecule has 16 atom stereocenters. The topological polar surface area (TPSA) is 200 Å². The Bertz CT molecular complexity index is 1160. The second-order valence-corrected chi connectivity index (χ2v) is 14.5. The molecule has 14 heteroatoms. The van der Waals surface area contributed by atoms with Gasteiger partial charge in [-0.25, -0.2) is 4.79 Å². The zero-order chi connectivity index (χ0) is 37.6. The van der Waals surface area contributed by atoms with Crippen molar-refractivity contribution >= 4 is 11.8 Å². The number of hydrogen-bond donors (Lipinski definition) is 5. The Kier molecular flexibility index (Phi) is 15.6. The van der Waals surface area contributed by atoms with Gasteiger partial charge in [0.05, 0.1) is 31.0 Å². The Morgan fingerprint density at radius 2 is 1.58 bits per heavy atom. The van der Waals surface area contributed by atoms with Crippen molar-refractivity contribution in [2.75, 3.05) is 20.8 Å². The maximum absolute atomic E-state index is 13.3. The Hall–Kier alpha value is -1.82. The van der Waals surface area contributed by atoms with Crippen LogP contribution in [0.3, 0.4) is 0 Å². The summed E-state index contributed by atoms with van der Waals surface area (Å²) in [4.78, 5) is 26.4. The zero-order valence-electron chi connectivity index (χ0n) is 30.8. The number of cyclic esters (lactones) is 1. The first kappa shape index (κ1) is 42.6. The number of carbonyl (C=O) groups is 2. The van der Waals surface area contributed by atoms with Crippen LogP contribution in [0.1, 0.15) is 74.1 Å². The molecular formula is C36H60O14. The summed E-state index contributed by atoms with van der Waals surface area (Å²) < 4.78 is 40.9. The van der Waals surface area contributed by atoms with Crippen LogP contribution >= 0.6 is 0 Å². The Morgan fingerprint density at radius 3 is 2.20 bits per heavy atom. The lowest BCUT2D eigenvalue weighted by Gasteiger charge is -2.47. The lowest BCUT2D eigenvalue weighted by atomic mass is 9.81. The van der Waals surface area contributed by atoms with Crippen LogP contribution in [0.15, 0.2) is 24.3 Å². The van der Waals surface area contributed by atoms with Crippen molar-refractivity contribution < 1.29 is 68.3 Å². The van der Waals surface area contributed by atoms with Crippen molar-refractivity contribution in [3.8, 4) is 0 Å². The van der Waals surface area contributed by atoms with E-state index in [0.717, 1.165) is 0 Å². The van der Waals surface area contributed by atoms with E-state index in [-0.39, 0.29) is 31.7 Å². The normalized spacial score (nSPS) is 46.2. The van der Waals surface area contributed by atoms with Crippen LogP contribution in [0.2, 0.25) is 0 Å². The highest BCUT2D eigenvalue weighted by molar-refractivity contribution is 5.86. The van der Waals surface area contributed by atoms with Crippen molar-refractivity contribution in [3.05, 3.63) is 24.3 Å². The summed E-state index contributed by atoms with van der Waals surface area (Å²) in [7, 11) is 2.93. The minimum atomic E-state index is -1.89. The van der Waals surface area contributed by atoms with Crippen molar-refractivity contribution in [1.29, 1.82) is 0 Å². The Morgan fingerprint density at radius 1 is 0.920 bits per heavy atom. The summed E-state index contributed by atoms with van der Waals surface area (Å²) >= 11 is 0. The SMILES string of the molecule is CO[C@@H]1[C@H](O)[C@@H](C)O[C@@H](OC[C@H]2/C=C/CCC(=O)[C@@](C)(O)C[C@H](C)[C@H](O[C@@H]3O[C@H](C)C[C@](O)(C(C)O)[C@H]3O)[C@@H](C)/C=C/C(=O)O[C@@H]2C)[C@@H]1OC. The van der Waals surface area contributed by atoms with E-state index in [1.54, 1.807) is 52.8 Å². The smallest absolute Gasteiger partial charge is 0.330 e. The minimum absolute atomic E-state index is 0.00692. The van der Waals surface area contributed by atoms with E-state index in [9.17, 15) is 35.1 Å². The van der Waals surface area contributed by atoms with Gasteiger partial charge in [-0.2, -0.15) is 0 Å². The number of ketones is 1. The fraction of sp³-hybridized carbons (Fsp3) is 0.833. The molecule has 5 N–H and O–H groups in total. The Labute approximate surface area is 295 Å². The third-order valence-corrected chi connectivity index (χ3v) is 10.3. The third kappa shape index (κ3) is 10.4. The highest BCUT2D eigenvalue weighted by atomic mass is 16.7. The van der Waals surface area contributed by atoms with E-state index in [2.05, 4.69) is 0 Å². The van der Waals surface area contributed by atoms with Crippen LogP contribution in [0.5, 0.6) is 0 Å². The number of Topliss-reactive ketones (excluding diaryl/α,β-unsaturated/α-hetero) is 1. The van der Waals surface area contributed by atoms with Crippen LogP contribution in [0.4, 0.5) is 0 Å². The molecular weight excluding hydrogens is 656 g/mol. The van der Waals surface area contributed by atoms with E-state index in [1.165, 1.54) is 34.1 Å². The molecule has 0 aromatic heterocycles. The number of aliphatic hydroxyl groups excluding tert-OH is 3. The van der Waals surface area contributed by atoms with Crippen molar-refractivity contribution in [1.82, 2.24) is 0 Å². The molecule has 2 saturated heterocycles. The van der Waals surface area contributed by atoms with Gasteiger partial charge >= 0.3 is 5.97 Å². The fourth-order valence-corrected chi connectivity index (χ4v) is 7.08. The first-order valence-electron chi connectivity index (χ1n) is 17.6. The summed E-state index contributed by atoms with van der Waals surface area (Å²) in [5, 5.41) is 54.3. The average molecular weight is 717 g/mol. The van der Waals surface area contributed by atoms with Crippen LogP contribution in [0.25, 0.3) is 0 Å². The second kappa shape index (κ2) is 18.3. The van der Waals surface area contributed by atoms with Gasteiger partial charge in [0.25, 0.3) is 0 Å². The van der Waals surface area contributed by atoms with Crippen LogP contribution in [0, 0.1) is 17.8 Å². The molecule has 288 valence electrons. The lowest BCUT2D eigenvalue weighted by Crippen LogP contribution is -2.63. The summed E-state index contributed by atoms with van der Waals surface area (Å²) in [5.41, 5.74) is -3.62. The highest BCUT2D eigenvalue weighted by Gasteiger charge is 2.52. The van der Waals surface area contributed by atoms with Gasteiger partial charge in [0, 0.05) is 45.0 Å². The van der Waals surface area contributed by atoms with Crippen molar-refractivity contribution in [3.63, 3.8) is 0 Å². The van der Waals surface area contributed by atoms with Crippen molar-refractivity contribution in [2.45, 2.75) is 153 Å². The molecule has 0 amide bonds. The molecule has 1 unspecified atom stereocenters. The molecule has 0 saturated carbocycles. The number of ether oxygens (including phenoxy) is 7. The molecule has 3 rings (SSSR count). The van der Waals surface area contributed by atoms with Crippen LogP contribution in [-0.2, 0) is 42.7 Å². The van der Waals surface area contributed by atoms with Crippen molar-refractivity contribution in [2.24, 2.45) is 17.8 Å². The lowest BCUT2D eigenvalue weighted by molar-refractivity contribution is -0.322. The van der Waals surface area contributed by atoms with Gasteiger partial charge in [0.1, 0.15) is 41.7 Å². The van der Waals surface area contributed by atoms with Gasteiger partial charge in [0.15, 0.2) is 18.4 Å². The van der Waals surface area contributed by atoms with E-state index in [4.69, 9.17) is 33.2 Å². The predicted octanol–water partition coefficient (Wildman–Crippen LogP) is 1.57. The number of allylic oxidation sites excluding steroid dienone is 1. The van der Waals surface area contributed by atoms with Gasteiger partial charge in [-0.1, -0.05) is 32.1 Å². The number of carbonyl (C=O) groups excluding carboxylic acids is 2. The largest absolute Gasteiger partial charge is 0.459 e. The summed E-state index contributed by atoms with van der Waals surface area (Å²) in [6.07, 6.45) is -3.41. The van der Waals surface area contributed by atoms with E-state index < -0.39 is 102 Å². The monoisotopic (exact) mass is 716 g/mol. The van der Waals surface area contributed by atoms with Gasteiger partial charge in [-0.3, -0.25) is 4.79 Å². The molecule has 50 heavy (non-hydrogen) atoms. The number of hydrogen-bond acceptors (Lipinski definition) is 14. The van der Waals surface area contributed by atoms with E-state index in [1.807, 2.05) is 0 Å². The molecule has 0 aromatic carbocycles. The van der Waals surface area contributed by atoms with Crippen LogP contribution < -0.4 is 0 Å². The molecule has 0 aromatic rings. The number of methoxy groups -OCH3 is 2. The van der Waals surface area contributed by atoms with Gasteiger partial charge in [-0.15, -0.1) is 0 Å². The van der Waals surface area contributed by atoms with Gasteiger partial charge in [0.2, 0.25) is 0 Å². The zero-order valence-corrected chi connectivity index (χ0v) is 30.8. The maximum Gasteiger partial charge on any atom is 0.330 e. The average Bonchev–Trinajstić information content (AvgIpc) is 3.04. The predicted molar refractivity (Wildman–Crippen MR) is 179 cm³/mol.